The van der Waals surface area contributed by atoms with Gasteiger partial charge in [0.15, 0.2) is 5.78 Å². The van der Waals surface area contributed by atoms with Crippen LogP contribution in [0.25, 0.3) is 11.0 Å². The first-order chi connectivity index (χ1) is 13.1. The van der Waals surface area contributed by atoms with Crippen molar-refractivity contribution >= 4 is 16.8 Å². The largest absolute Gasteiger partial charge is 0.493 e. The molecule has 5 heteroatoms. The number of fused-ring (bicyclic) bond motifs is 1. The van der Waals surface area contributed by atoms with E-state index in [-0.39, 0.29) is 17.3 Å². The third-order valence-electron chi connectivity index (χ3n) is 4.87. The second-order valence-corrected chi connectivity index (χ2v) is 6.60. The third-order valence-corrected chi connectivity index (χ3v) is 4.87. The van der Waals surface area contributed by atoms with Crippen molar-refractivity contribution in [3.05, 3.63) is 64.6 Å². The molecule has 0 spiro atoms. The van der Waals surface area contributed by atoms with Crippen molar-refractivity contribution in [1.29, 1.82) is 0 Å². The standard InChI is InChI=1S/C22H25NO4/c1-3-23(4-2)15-17-13-22(25)27-21-14-18(9-10-19(17)21)26-12-11-16-7-5-6-8-20(16)24/h5-10,13-14,16H,3-4,11-12,15H2,1-2H3. The maximum absolute atomic E-state index is 12.0. The van der Waals surface area contributed by atoms with Crippen molar-refractivity contribution in [1.82, 2.24) is 4.90 Å². The monoisotopic (exact) mass is 367 g/mol. The topological polar surface area (TPSA) is 59.8 Å². The van der Waals surface area contributed by atoms with Crippen LogP contribution in [0.4, 0.5) is 0 Å². The van der Waals surface area contributed by atoms with E-state index in [9.17, 15) is 9.59 Å². The van der Waals surface area contributed by atoms with Gasteiger partial charge in [-0.1, -0.05) is 32.1 Å². The van der Waals surface area contributed by atoms with Crippen LogP contribution in [0.1, 0.15) is 25.8 Å². The summed E-state index contributed by atoms with van der Waals surface area (Å²) in [6.45, 7) is 7.17. The Labute approximate surface area is 158 Å². The van der Waals surface area contributed by atoms with E-state index in [1.165, 1.54) is 0 Å². The molecular weight excluding hydrogens is 342 g/mol. The number of ketones is 1. The Morgan fingerprint density at radius 1 is 1.11 bits per heavy atom. The number of hydrogen-bond acceptors (Lipinski definition) is 5. The summed E-state index contributed by atoms with van der Waals surface area (Å²) in [5, 5.41) is 0.921. The quantitative estimate of drug-likeness (QED) is 0.666. The van der Waals surface area contributed by atoms with Crippen LogP contribution in [0, 0.1) is 5.92 Å². The molecule has 0 aliphatic heterocycles. The second-order valence-electron chi connectivity index (χ2n) is 6.60. The molecule has 0 N–H and O–H groups in total. The molecule has 1 aromatic heterocycles. The Kier molecular flexibility index (Phi) is 6.24. The zero-order chi connectivity index (χ0) is 19.2. The van der Waals surface area contributed by atoms with Gasteiger partial charge in [-0.2, -0.15) is 0 Å². The molecule has 0 fully saturated rings. The first-order valence-electron chi connectivity index (χ1n) is 9.41. The maximum atomic E-state index is 12.0. The van der Waals surface area contributed by atoms with E-state index in [0.29, 0.717) is 30.9 Å². The Balaban J connectivity index is 1.73. The third kappa shape index (κ3) is 4.74. The second kappa shape index (κ2) is 8.82. The lowest BCUT2D eigenvalue weighted by Crippen LogP contribution is -2.23. The minimum Gasteiger partial charge on any atom is -0.493 e. The number of ether oxygens (including phenoxy) is 1. The summed E-state index contributed by atoms with van der Waals surface area (Å²) < 4.78 is 11.2. The fourth-order valence-corrected chi connectivity index (χ4v) is 3.23. The van der Waals surface area contributed by atoms with Gasteiger partial charge in [0.05, 0.1) is 6.61 Å². The molecule has 5 nitrogen and oxygen atoms in total. The lowest BCUT2D eigenvalue weighted by atomic mass is 9.96. The molecule has 1 atom stereocenters. The molecular formula is C22H25NO4. The summed E-state index contributed by atoms with van der Waals surface area (Å²) in [4.78, 5) is 26.0. The van der Waals surface area contributed by atoms with Gasteiger partial charge in [0.25, 0.3) is 0 Å². The summed E-state index contributed by atoms with van der Waals surface area (Å²) in [6.07, 6.45) is 7.73. The van der Waals surface area contributed by atoms with Crippen LogP contribution in [0.3, 0.4) is 0 Å². The lowest BCUT2D eigenvalue weighted by molar-refractivity contribution is -0.117. The highest BCUT2D eigenvalue weighted by Gasteiger charge is 2.15. The van der Waals surface area contributed by atoms with Crippen molar-refractivity contribution in [3.63, 3.8) is 0 Å². The number of hydrogen-bond donors (Lipinski definition) is 0. The van der Waals surface area contributed by atoms with Crippen molar-refractivity contribution in [2.45, 2.75) is 26.8 Å². The van der Waals surface area contributed by atoms with Gasteiger partial charge in [0, 0.05) is 30.0 Å². The van der Waals surface area contributed by atoms with Gasteiger partial charge in [-0.15, -0.1) is 0 Å². The molecule has 1 heterocycles. The molecule has 142 valence electrons. The van der Waals surface area contributed by atoms with E-state index in [2.05, 4.69) is 18.7 Å². The van der Waals surface area contributed by atoms with Gasteiger partial charge < -0.3 is 9.15 Å². The summed E-state index contributed by atoms with van der Waals surface area (Å²) in [6, 6.07) is 7.13. The van der Waals surface area contributed by atoms with Crippen LogP contribution in [0.15, 0.2) is 57.8 Å². The predicted molar refractivity (Wildman–Crippen MR) is 106 cm³/mol. The average molecular weight is 367 g/mol. The SMILES string of the molecule is CCN(CC)Cc1cc(=O)oc2cc(OCCC3C=CC=CC3=O)ccc12. The average Bonchev–Trinajstić information content (AvgIpc) is 2.67. The molecule has 0 bridgehead atoms. The highest BCUT2D eigenvalue weighted by molar-refractivity contribution is 5.94. The Hall–Kier alpha value is -2.66. The zero-order valence-electron chi connectivity index (χ0n) is 15.8. The first-order valence-corrected chi connectivity index (χ1v) is 9.41. The fraction of sp³-hybridized carbons (Fsp3) is 0.364. The number of allylic oxidation sites excluding steroid dienone is 4. The molecule has 0 radical (unpaired) electrons. The molecule has 1 aromatic carbocycles. The van der Waals surface area contributed by atoms with Crippen molar-refractivity contribution < 1.29 is 13.9 Å². The van der Waals surface area contributed by atoms with Crippen LogP contribution in [-0.2, 0) is 11.3 Å². The van der Waals surface area contributed by atoms with E-state index in [4.69, 9.17) is 9.15 Å². The number of rotatable bonds is 8. The number of nitrogens with zero attached hydrogens (tertiary/aromatic N) is 1. The molecule has 0 saturated heterocycles. The molecule has 0 amide bonds. The molecule has 0 saturated carbocycles. The molecule has 2 aromatic rings. The first kappa shape index (κ1) is 19.1. The van der Waals surface area contributed by atoms with E-state index in [1.807, 2.05) is 24.3 Å². The molecule has 1 aliphatic carbocycles. The summed E-state index contributed by atoms with van der Waals surface area (Å²) in [7, 11) is 0. The summed E-state index contributed by atoms with van der Waals surface area (Å²) in [5.74, 6) is 0.606. The van der Waals surface area contributed by atoms with Crippen LogP contribution in [-0.4, -0.2) is 30.4 Å². The van der Waals surface area contributed by atoms with Gasteiger partial charge in [-0.25, -0.2) is 4.79 Å². The van der Waals surface area contributed by atoms with Gasteiger partial charge in [0.2, 0.25) is 0 Å². The number of carbonyl (C=O) groups excluding carboxylic acids is 1. The van der Waals surface area contributed by atoms with Crippen LogP contribution >= 0.6 is 0 Å². The molecule has 27 heavy (non-hydrogen) atoms. The highest BCUT2D eigenvalue weighted by Crippen LogP contribution is 2.24. The normalized spacial score (nSPS) is 16.4. The van der Waals surface area contributed by atoms with E-state index >= 15 is 0 Å². The smallest absolute Gasteiger partial charge is 0.336 e. The number of benzene rings is 1. The van der Waals surface area contributed by atoms with E-state index in [1.54, 1.807) is 24.3 Å². The van der Waals surface area contributed by atoms with Gasteiger partial charge in [0.1, 0.15) is 11.3 Å². The van der Waals surface area contributed by atoms with Gasteiger partial charge in [-0.3, -0.25) is 9.69 Å². The van der Waals surface area contributed by atoms with Crippen molar-refractivity contribution in [3.8, 4) is 5.75 Å². The lowest BCUT2D eigenvalue weighted by Gasteiger charge is -2.18. The maximum Gasteiger partial charge on any atom is 0.336 e. The van der Waals surface area contributed by atoms with Gasteiger partial charge >= 0.3 is 5.63 Å². The summed E-state index contributed by atoms with van der Waals surface area (Å²) in [5.41, 5.74) is 1.13. The fourth-order valence-electron chi connectivity index (χ4n) is 3.23. The molecule has 3 rings (SSSR count). The van der Waals surface area contributed by atoms with E-state index in [0.717, 1.165) is 24.0 Å². The summed E-state index contributed by atoms with van der Waals surface area (Å²) >= 11 is 0. The highest BCUT2D eigenvalue weighted by atomic mass is 16.5. The van der Waals surface area contributed by atoms with Crippen LogP contribution in [0.5, 0.6) is 5.75 Å². The Bertz CT molecular complexity index is 922. The Morgan fingerprint density at radius 3 is 2.67 bits per heavy atom. The minimum atomic E-state index is -0.355. The van der Waals surface area contributed by atoms with Crippen LogP contribution in [0.2, 0.25) is 0 Å². The van der Waals surface area contributed by atoms with Crippen LogP contribution < -0.4 is 10.4 Å². The number of carbonyl (C=O) groups is 1. The zero-order valence-corrected chi connectivity index (χ0v) is 15.8. The van der Waals surface area contributed by atoms with Crippen molar-refractivity contribution in [2.24, 2.45) is 5.92 Å². The predicted octanol–water partition coefficient (Wildman–Crippen LogP) is 3.72. The van der Waals surface area contributed by atoms with Gasteiger partial charge in [-0.05, 0) is 43.3 Å². The Morgan fingerprint density at radius 2 is 1.93 bits per heavy atom. The molecule has 1 aliphatic rings. The molecule has 1 unspecified atom stereocenters. The van der Waals surface area contributed by atoms with E-state index < -0.39 is 0 Å². The van der Waals surface area contributed by atoms with Crippen molar-refractivity contribution in [2.75, 3.05) is 19.7 Å². The minimum absolute atomic E-state index is 0.103.